The molecule has 6 heteroatoms. The normalized spacial score (nSPS) is 5.50. The molecule has 0 aliphatic rings. The van der Waals surface area contributed by atoms with Gasteiger partial charge < -0.3 is 10.2 Å². The summed E-state index contributed by atoms with van der Waals surface area (Å²) in [7, 11) is 0. The third-order valence-electron chi connectivity index (χ3n) is 0.183. The molecular weight excluding hydrogens is 450 g/mol. The van der Waals surface area contributed by atoms with Crippen molar-refractivity contribution in [3.8, 4) is 0 Å². The Hall–Kier alpha value is 0.421. The maximum atomic E-state index is 9.10. The molecule has 8 heavy (non-hydrogen) atoms. The largest absolute Gasteiger partial charge is 0.473 e. The molecule has 0 aromatic carbocycles. The van der Waals surface area contributed by atoms with Gasteiger partial charge in [-0.05, 0) is 0 Å². The first-order valence-electron chi connectivity index (χ1n) is 1.11. The van der Waals surface area contributed by atoms with Crippen molar-refractivity contribution in [3.05, 3.63) is 0 Å². The predicted molar refractivity (Wildman–Crippen MR) is 15.3 cm³/mol. The van der Waals surface area contributed by atoms with Crippen LogP contribution in [0.3, 0.4) is 0 Å². The zero-order chi connectivity index (χ0) is 5.15. The Kier molecular flexibility index (Phi) is 14.6. The second-order valence-corrected chi connectivity index (χ2v) is 0.610. The minimum Gasteiger partial charge on any atom is -0.473 e. The monoisotopic (exact) mass is 452 g/mol. The van der Waals surface area contributed by atoms with Crippen LogP contribution >= 0.6 is 0 Å². The summed E-state index contributed by atoms with van der Waals surface area (Å²) in [6, 6.07) is 0. The van der Waals surface area contributed by atoms with Gasteiger partial charge in [0.05, 0.1) is 0 Å². The van der Waals surface area contributed by atoms with Crippen molar-refractivity contribution >= 4 is 11.9 Å². The predicted octanol–water partition coefficient (Wildman–Crippen LogP) is -0.849. The van der Waals surface area contributed by atoms with Crippen molar-refractivity contribution in [1.82, 2.24) is 0 Å². The molecule has 0 aromatic heterocycles. The molecule has 0 aliphatic heterocycles. The second-order valence-electron chi connectivity index (χ2n) is 0.610. The summed E-state index contributed by atoms with van der Waals surface area (Å²) in [4.78, 5) is 18.2. The summed E-state index contributed by atoms with van der Waals surface area (Å²) >= 11 is 0. The minimum absolute atomic E-state index is 0. The van der Waals surface area contributed by atoms with Crippen LogP contribution in [0.2, 0.25) is 0 Å². The van der Waals surface area contributed by atoms with Crippen LogP contribution < -0.4 is 0 Å². The van der Waals surface area contributed by atoms with Gasteiger partial charge in [-0.25, -0.2) is 9.59 Å². The third-order valence-corrected chi connectivity index (χ3v) is 0.183. The molecule has 0 saturated heterocycles. The van der Waals surface area contributed by atoms with Gasteiger partial charge in [0.2, 0.25) is 0 Å². The summed E-state index contributed by atoms with van der Waals surface area (Å²) in [6.45, 7) is 0. The first-order valence-corrected chi connectivity index (χ1v) is 1.11. The van der Waals surface area contributed by atoms with Crippen molar-refractivity contribution in [2.24, 2.45) is 0 Å². The molecule has 2 radical (unpaired) electrons. The van der Waals surface area contributed by atoms with Crippen LogP contribution in [0.25, 0.3) is 0 Å². The molecule has 0 fully saturated rings. The average Bonchev–Trinajstić information content (AvgIpc) is 1.36. The van der Waals surface area contributed by atoms with Crippen LogP contribution in [-0.2, 0) is 54.3 Å². The number of carboxylic acid groups (broad SMARTS) is 2. The fourth-order valence-corrected chi connectivity index (χ4v) is 0. The molecule has 0 heterocycles. The first-order chi connectivity index (χ1) is 2.64. The van der Waals surface area contributed by atoms with Gasteiger partial charge in [0.25, 0.3) is 0 Å². The van der Waals surface area contributed by atoms with E-state index in [1.807, 2.05) is 0 Å². The summed E-state index contributed by atoms with van der Waals surface area (Å²) in [6.07, 6.45) is 0. The fraction of sp³-hybridized carbons (Fsp3) is 0. The van der Waals surface area contributed by atoms with E-state index in [-0.39, 0.29) is 44.8 Å². The zero-order valence-corrected chi connectivity index (χ0v) is 10.0. The summed E-state index contributed by atoms with van der Waals surface area (Å²) < 4.78 is 0. The molecule has 0 saturated carbocycles. The van der Waals surface area contributed by atoms with Crippen molar-refractivity contribution < 1.29 is 64.6 Å². The van der Waals surface area contributed by atoms with Gasteiger partial charge in [-0.15, -0.1) is 0 Å². The van der Waals surface area contributed by atoms with E-state index in [1.165, 1.54) is 0 Å². The fourth-order valence-electron chi connectivity index (χ4n) is 0. The van der Waals surface area contributed by atoms with Crippen LogP contribution in [0.15, 0.2) is 0 Å². The average molecular weight is 452 g/mol. The second kappa shape index (κ2) is 7.42. The zero-order valence-electron chi connectivity index (χ0n) is 3.61. The number of carbonyl (C=O) groups is 2. The van der Waals surface area contributed by atoms with E-state index in [2.05, 4.69) is 0 Å². The molecular formula is C2H2O4Ta2. The minimum atomic E-state index is -1.82. The summed E-state index contributed by atoms with van der Waals surface area (Å²) in [5.74, 6) is -3.65. The van der Waals surface area contributed by atoms with E-state index in [4.69, 9.17) is 19.8 Å². The Morgan fingerprint density at radius 2 is 1.00 bits per heavy atom. The Morgan fingerprint density at radius 1 is 0.875 bits per heavy atom. The molecule has 4 nitrogen and oxygen atoms in total. The smallest absolute Gasteiger partial charge is 0.414 e. The summed E-state index contributed by atoms with van der Waals surface area (Å²) in [5, 5.41) is 14.8. The van der Waals surface area contributed by atoms with Crippen LogP contribution in [0, 0.1) is 0 Å². The van der Waals surface area contributed by atoms with E-state index in [1.54, 1.807) is 0 Å². The van der Waals surface area contributed by atoms with Crippen molar-refractivity contribution in [1.29, 1.82) is 0 Å². The molecule has 0 aromatic rings. The van der Waals surface area contributed by atoms with Gasteiger partial charge in [-0.3, -0.25) is 0 Å². The topological polar surface area (TPSA) is 74.6 Å². The van der Waals surface area contributed by atoms with Gasteiger partial charge in [-0.1, -0.05) is 0 Å². The SMILES string of the molecule is O=C(O)C(=O)O.[Ta].[Ta]. The quantitative estimate of drug-likeness (QED) is 0.471. The molecule has 0 amide bonds. The standard InChI is InChI=1S/C2H2O4.2Ta/c3-1(4)2(5)6;;/h(H,3,4)(H,5,6);;. The van der Waals surface area contributed by atoms with Crippen LogP contribution in [0.5, 0.6) is 0 Å². The van der Waals surface area contributed by atoms with Crippen molar-refractivity contribution in [2.75, 3.05) is 0 Å². The van der Waals surface area contributed by atoms with Crippen LogP contribution in [0.1, 0.15) is 0 Å². The molecule has 0 spiro atoms. The molecule has 0 aliphatic carbocycles. The number of hydrogen-bond acceptors (Lipinski definition) is 2. The van der Waals surface area contributed by atoms with Gasteiger partial charge in [0, 0.05) is 44.8 Å². The van der Waals surface area contributed by atoms with Crippen molar-refractivity contribution in [3.63, 3.8) is 0 Å². The number of hydrogen-bond donors (Lipinski definition) is 2. The Morgan fingerprint density at radius 3 is 1.00 bits per heavy atom. The van der Waals surface area contributed by atoms with E-state index in [0.717, 1.165) is 0 Å². The molecule has 0 bridgehead atoms. The van der Waals surface area contributed by atoms with Gasteiger partial charge in [0.15, 0.2) is 0 Å². The molecule has 0 unspecified atom stereocenters. The van der Waals surface area contributed by atoms with Crippen LogP contribution in [-0.4, -0.2) is 22.2 Å². The van der Waals surface area contributed by atoms with E-state index < -0.39 is 11.9 Å². The van der Waals surface area contributed by atoms with E-state index in [9.17, 15) is 0 Å². The first kappa shape index (κ1) is 15.8. The molecule has 0 atom stereocenters. The van der Waals surface area contributed by atoms with E-state index >= 15 is 0 Å². The van der Waals surface area contributed by atoms with Crippen molar-refractivity contribution in [2.45, 2.75) is 0 Å². The number of rotatable bonds is 0. The van der Waals surface area contributed by atoms with Gasteiger partial charge in [-0.2, -0.15) is 0 Å². The Bertz CT molecular complexity index is 78.0. The number of aliphatic carboxylic acids is 2. The third kappa shape index (κ3) is 9.65. The molecule has 0 rings (SSSR count). The maximum Gasteiger partial charge on any atom is 0.414 e. The van der Waals surface area contributed by atoms with Gasteiger partial charge >= 0.3 is 11.9 Å². The van der Waals surface area contributed by atoms with E-state index in [0.29, 0.717) is 0 Å². The summed E-state index contributed by atoms with van der Waals surface area (Å²) in [5.41, 5.74) is 0. The number of carboxylic acids is 2. The maximum absolute atomic E-state index is 9.10. The molecule has 2 N–H and O–H groups in total. The Balaban J connectivity index is -0.000000125. The van der Waals surface area contributed by atoms with Gasteiger partial charge in [0.1, 0.15) is 0 Å². The van der Waals surface area contributed by atoms with Crippen LogP contribution in [0.4, 0.5) is 0 Å². The molecule has 44 valence electrons. The Labute approximate surface area is 76.3 Å².